The molecule has 0 radical (unpaired) electrons. The summed E-state index contributed by atoms with van der Waals surface area (Å²) in [7, 11) is 0. The van der Waals surface area contributed by atoms with E-state index in [1.54, 1.807) is 0 Å². The van der Waals surface area contributed by atoms with Gasteiger partial charge in [0.15, 0.2) is 5.76 Å². The predicted molar refractivity (Wildman–Crippen MR) is 110 cm³/mol. The molecule has 1 amide bonds. The molecule has 4 rings (SSSR count). The van der Waals surface area contributed by atoms with Crippen LogP contribution in [0.3, 0.4) is 0 Å². The monoisotopic (exact) mass is 374 g/mol. The van der Waals surface area contributed by atoms with Crippen molar-refractivity contribution in [1.82, 2.24) is 10.5 Å². The number of carbonyl (C=O) groups is 1. The molecule has 3 aromatic rings. The third-order valence-electron chi connectivity index (χ3n) is 5.50. The Morgan fingerprint density at radius 2 is 1.61 bits per heavy atom. The second kappa shape index (κ2) is 8.87. The van der Waals surface area contributed by atoms with E-state index in [0.717, 1.165) is 17.0 Å². The van der Waals surface area contributed by atoms with Crippen LogP contribution in [0.5, 0.6) is 0 Å². The normalized spacial score (nSPS) is 14.7. The Labute approximate surface area is 166 Å². The Bertz CT molecular complexity index is 894. The van der Waals surface area contributed by atoms with Gasteiger partial charge in [-0.15, -0.1) is 0 Å². The summed E-state index contributed by atoms with van der Waals surface area (Å²) in [6, 6.07) is 20.4. The third-order valence-corrected chi connectivity index (χ3v) is 5.50. The van der Waals surface area contributed by atoms with E-state index in [4.69, 9.17) is 4.52 Å². The van der Waals surface area contributed by atoms with Gasteiger partial charge >= 0.3 is 0 Å². The van der Waals surface area contributed by atoms with Crippen LogP contribution in [0, 0.1) is 5.92 Å². The number of nitrogens with one attached hydrogen (secondary N) is 1. The maximum Gasteiger partial charge on any atom is 0.220 e. The maximum atomic E-state index is 12.2. The van der Waals surface area contributed by atoms with Crippen molar-refractivity contribution in [1.29, 1.82) is 0 Å². The fourth-order valence-corrected chi connectivity index (χ4v) is 3.90. The van der Waals surface area contributed by atoms with Gasteiger partial charge in [-0.2, -0.15) is 0 Å². The fraction of sp³-hybridized carbons (Fsp3) is 0.333. The Balaban J connectivity index is 1.33. The molecule has 1 aromatic heterocycles. The van der Waals surface area contributed by atoms with Crippen molar-refractivity contribution >= 4 is 5.91 Å². The summed E-state index contributed by atoms with van der Waals surface area (Å²) in [6.07, 6.45) is 6.82. The molecule has 4 heteroatoms. The van der Waals surface area contributed by atoms with Gasteiger partial charge in [0.05, 0.1) is 6.54 Å². The highest BCUT2D eigenvalue weighted by atomic mass is 16.5. The van der Waals surface area contributed by atoms with Crippen molar-refractivity contribution in [3.8, 4) is 22.5 Å². The summed E-state index contributed by atoms with van der Waals surface area (Å²) in [5.41, 5.74) is 4.08. The van der Waals surface area contributed by atoms with Gasteiger partial charge in [-0.3, -0.25) is 4.79 Å². The Morgan fingerprint density at radius 3 is 2.36 bits per heavy atom. The summed E-state index contributed by atoms with van der Waals surface area (Å²) in [6.45, 7) is 0.414. The van der Waals surface area contributed by atoms with Gasteiger partial charge in [0.25, 0.3) is 0 Å². The summed E-state index contributed by atoms with van der Waals surface area (Å²) in [4.78, 5) is 12.2. The van der Waals surface area contributed by atoms with E-state index in [2.05, 4.69) is 34.7 Å². The van der Waals surface area contributed by atoms with Crippen molar-refractivity contribution in [3.63, 3.8) is 0 Å². The molecule has 0 saturated heterocycles. The molecule has 28 heavy (non-hydrogen) atoms. The second-order valence-corrected chi connectivity index (χ2v) is 7.61. The number of aromatic nitrogens is 1. The summed E-state index contributed by atoms with van der Waals surface area (Å²) >= 11 is 0. The first-order valence-electron chi connectivity index (χ1n) is 10.2. The van der Waals surface area contributed by atoms with Crippen LogP contribution in [0.25, 0.3) is 22.5 Å². The molecule has 1 aliphatic rings. The summed E-state index contributed by atoms with van der Waals surface area (Å²) in [5, 5.41) is 7.08. The lowest BCUT2D eigenvalue weighted by atomic mass is 9.87. The molecule has 0 spiro atoms. The molecule has 1 N–H and O–H groups in total. The summed E-state index contributed by atoms with van der Waals surface area (Å²) in [5.74, 6) is 1.38. The zero-order valence-corrected chi connectivity index (χ0v) is 16.1. The van der Waals surface area contributed by atoms with Crippen LogP contribution >= 0.6 is 0 Å². The number of rotatable bonds is 6. The quantitative estimate of drug-likeness (QED) is 0.611. The number of hydrogen-bond donors (Lipinski definition) is 1. The van der Waals surface area contributed by atoms with Gasteiger partial charge in [0.1, 0.15) is 5.69 Å². The van der Waals surface area contributed by atoms with Crippen LogP contribution in [0.4, 0.5) is 0 Å². The van der Waals surface area contributed by atoms with E-state index in [1.807, 2.05) is 36.4 Å². The van der Waals surface area contributed by atoms with Gasteiger partial charge in [-0.1, -0.05) is 79.0 Å². The van der Waals surface area contributed by atoms with Gasteiger partial charge in [-0.05, 0) is 29.9 Å². The second-order valence-electron chi connectivity index (χ2n) is 7.61. The first-order valence-corrected chi connectivity index (χ1v) is 10.2. The average Bonchev–Trinajstić information content (AvgIpc) is 3.23. The van der Waals surface area contributed by atoms with Gasteiger partial charge < -0.3 is 9.84 Å². The molecule has 0 bridgehead atoms. The number of carbonyl (C=O) groups excluding carboxylic acids is 1. The molecular weight excluding hydrogens is 348 g/mol. The number of amides is 1. The van der Waals surface area contributed by atoms with Crippen molar-refractivity contribution in [3.05, 3.63) is 66.4 Å². The third kappa shape index (κ3) is 4.69. The van der Waals surface area contributed by atoms with Crippen molar-refractivity contribution in [2.24, 2.45) is 5.92 Å². The first-order chi connectivity index (χ1) is 13.8. The highest BCUT2D eigenvalue weighted by molar-refractivity contribution is 5.76. The topological polar surface area (TPSA) is 55.1 Å². The zero-order chi connectivity index (χ0) is 19.2. The van der Waals surface area contributed by atoms with Crippen LogP contribution < -0.4 is 5.32 Å². The number of benzene rings is 2. The van der Waals surface area contributed by atoms with Crippen molar-refractivity contribution < 1.29 is 9.32 Å². The van der Waals surface area contributed by atoms with Crippen molar-refractivity contribution in [2.75, 3.05) is 0 Å². The lowest BCUT2D eigenvalue weighted by Gasteiger charge is -2.20. The molecule has 1 aliphatic carbocycles. The molecule has 2 aromatic carbocycles. The summed E-state index contributed by atoms with van der Waals surface area (Å²) < 4.78 is 5.48. The van der Waals surface area contributed by atoms with Gasteiger partial charge in [-0.25, -0.2) is 0 Å². The lowest BCUT2D eigenvalue weighted by Crippen LogP contribution is -2.26. The van der Waals surface area contributed by atoms with E-state index >= 15 is 0 Å². The number of hydrogen-bond acceptors (Lipinski definition) is 3. The molecular formula is C24H26N2O2. The average molecular weight is 374 g/mol. The van der Waals surface area contributed by atoms with E-state index in [9.17, 15) is 4.79 Å². The van der Waals surface area contributed by atoms with Crippen LogP contribution in [0.2, 0.25) is 0 Å². The Hall–Kier alpha value is -2.88. The number of nitrogens with zero attached hydrogens (tertiary/aromatic N) is 1. The van der Waals surface area contributed by atoms with Crippen LogP contribution in [0.1, 0.15) is 44.2 Å². The molecule has 0 aliphatic heterocycles. The molecule has 4 nitrogen and oxygen atoms in total. The SMILES string of the molecule is O=C(CC1CCCCC1)NCc1cc(-c2ccc(-c3ccccc3)cc2)on1. The van der Waals surface area contributed by atoms with Crippen LogP contribution in [-0.4, -0.2) is 11.1 Å². The van der Waals surface area contributed by atoms with Crippen LogP contribution in [0.15, 0.2) is 65.2 Å². The van der Waals surface area contributed by atoms with Crippen LogP contribution in [-0.2, 0) is 11.3 Å². The minimum atomic E-state index is 0.115. The molecule has 1 fully saturated rings. The Morgan fingerprint density at radius 1 is 0.929 bits per heavy atom. The highest BCUT2D eigenvalue weighted by Gasteiger charge is 2.17. The largest absolute Gasteiger partial charge is 0.356 e. The first kappa shape index (κ1) is 18.5. The van der Waals surface area contributed by atoms with E-state index in [-0.39, 0.29) is 5.91 Å². The fourth-order valence-electron chi connectivity index (χ4n) is 3.90. The van der Waals surface area contributed by atoms with E-state index < -0.39 is 0 Å². The Kier molecular flexibility index (Phi) is 5.86. The van der Waals surface area contributed by atoms with E-state index in [0.29, 0.717) is 18.9 Å². The molecule has 1 saturated carbocycles. The smallest absolute Gasteiger partial charge is 0.220 e. The lowest BCUT2D eigenvalue weighted by molar-refractivity contribution is -0.122. The molecule has 1 heterocycles. The van der Waals surface area contributed by atoms with Gasteiger partial charge in [0.2, 0.25) is 5.91 Å². The van der Waals surface area contributed by atoms with E-state index in [1.165, 1.54) is 43.2 Å². The highest BCUT2D eigenvalue weighted by Crippen LogP contribution is 2.27. The standard InChI is InChI=1S/C24H26N2O2/c27-24(15-18-7-3-1-4-8-18)25-17-22-16-23(28-26-22)21-13-11-20(12-14-21)19-9-5-2-6-10-19/h2,5-6,9-14,16,18H,1,3-4,7-8,15,17H2,(H,25,27). The maximum absolute atomic E-state index is 12.2. The predicted octanol–water partition coefficient (Wildman–Crippen LogP) is 5.60. The minimum Gasteiger partial charge on any atom is -0.356 e. The van der Waals surface area contributed by atoms with Crippen molar-refractivity contribution in [2.45, 2.75) is 45.1 Å². The van der Waals surface area contributed by atoms with Gasteiger partial charge in [0, 0.05) is 18.1 Å². The molecule has 0 unspecified atom stereocenters. The zero-order valence-electron chi connectivity index (χ0n) is 16.1. The molecule has 144 valence electrons. The minimum absolute atomic E-state index is 0.115. The molecule has 0 atom stereocenters.